The Labute approximate surface area is 298 Å². The van der Waals surface area contributed by atoms with E-state index in [0.717, 1.165) is 31.2 Å². The summed E-state index contributed by atoms with van der Waals surface area (Å²) >= 11 is 0.543. The molecule has 9 nitrogen and oxygen atoms in total. The molecule has 0 bridgehead atoms. The number of alkyl halides is 6. The van der Waals surface area contributed by atoms with E-state index in [1.54, 1.807) is 24.8 Å². The highest BCUT2D eigenvalue weighted by molar-refractivity contribution is 7.23. The van der Waals surface area contributed by atoms with E-state index in [2.05, 4.69) is 16.5 Å². The number of carbonyl (C=O) groups is 1. The Morgan fingerprint density at radius 1 is 1.17 bits per heavy atom. The number of nitrogens with zero attached hydrogens (tertiary/aromatic N) is 6. The molecule has 2 aromatic carbocycles. The molecule has 276 valence electrons. The maximum atomic E-state index is 15.6. The lowest BCUT2D eigenvalue weighted by atomic mass is 9.88. The Morgan fingerprint density at radius 3 is 2.48 bits per heavy atom. The molecule has 2 aliphatic heterocycles. The van der Waals surface area contributed by atoms with Gasteiger partial charge in [0.05, 0.1) is 32.4 Å². The average molecular weight is 750 g/mol. The third-order valence-corrected chi connectivity index (χ3v) is 11.1. The zero-order valence-corrected chi connectivity index (χ0v) is 29.4. The van der Waals surface area contributed by atoms with Crippen LogP contribution in [0.25, 0.3) is 32.1 Å². The van der Waals surface area contributed by atoms with Crippen LogP contribution in [0, 0.1) is 17.1 Å². The lowest BCUT2D eigenvalue weighted by Crippen LogP contribution is -2.58. The highest BCUT2D eigenvalue weighted by Gasteiger charge is 2.46. The van der Waals surface area contributed by atoms with Crippen LogP contribution < -0.4 is 15.4 Å². The number of nitriles is 1. The van der Waals surface area contributed by atoms with E-state index >= 15 is 30.7 Å². The highest BCUT2D eigenvalue weighted by atomic mass is 32.1. The van der Waals surface area contributed by atoms with Crippen molar-refractivity contribution in [3.8, 4) is 23.2 Å². The van der Waals surface area contributed by atoms with Gasteiger partial charge in [-0.15, -0.1) is 11.3 Å². The summed E-state index contributed by atoms with van der Waals surface area (Å²) in [5.74, 6) is -1.61. The molecule has 2 fully saturated rings. The topological polar surface area (TPSA) is 112 Å². The SMILES string of the molecule is C=CC(=O)N1CC(C)N(c2nc(OCC3(C)CCCN3C)nc3c(C(F)(F)F)c(-c4ccc(F)c5sc(N)c(C#N)c45)c(C(F)(F)F)cc23)CC1C. The maximum Gasteiger partial charge on any atom is 0.419 e. The predicted octanol–water partition coefficient (Wildman–Crippen LogP) is 7.62. The molecule has 6 rings (SSSR count). The summed E-state index contributed by atoms with van der Waals surface area (Å²) in [5, 5.41) is 8.54. The molecule has 3 atom stereocenters. The number of nitrogens with two attached hydrogens (primary N) is 1. The molecule has 2 N–H and O–H groups in total. The molecule has 2 saturated heterocycles. The number of thiophene rings is 1. The standard InChI is InChI=1S/C35H34F7N7O2S/c1-6-24(50)48-14-18(3)49(15-17(48)2)31-20-12-22(34(37,38)39)26(19-8-9-23(36)29-25(19)21(13-43)30(44)52-29)27(35(40,41)42)28(20)45-32(46-31)51-16-33(4)10-7-11-47(33)5/h6,8-9,12,17-18H,1,7,10-11,14-16,44H2,2-5H3. The van der Waals surface area contributed by atoms with Crippen molar-refractivity contribution in [3.63, 3.8) is 0 Å². The first kappa shape index (κ1) is 37.1. The van der Waals surface area contributed by atoms with Crippen LogP contribution in [0.4, 0.5) is 41.6 Å². The molecule has 2 aliphatic rings. The van der Waals surface area contributed by atoms with Gasteiger partial charge >= 0.3 is 18.4 Å². The normalized spacial score (nSPS) is 21.6. The number of hydrogen-bond acceptors (Lipinski definition) is 9. The summed E-state index contributed by atoms with van der Waals surface area (Å²) in [5.41, 5.74) is -1.44. The molecule has 4 aromatic rings. The number of fused-ring (bicyclic) bond motifs is 2. The Kier molecular flexibility index (Phi) is 9.32. The van der Waals surface area contributed by atoms with E-state index in [1.807, 2.05) is 18.9 Å². The van der Waals surface area contributed by atoms with Gasteiger partial charge in [-0.2, -0.15) is 41.6 Å². The second-order valence-electron chi connectivity index (χ2n) is 13.5. The van der Waals surface area contributed by atoms with Gasteiger partial charge < -0.3 is 20.3 Å². The number of carbonyl (C=O) groups excluding carboxylic acids is 1. The summed E-state index contributed by atoms with van der Waals surface area (Å²) in [7, 11) is 1.87. The number of likely N-dealkylation sites (N-methyl/N-ethyl adjacent to an activating group) is 1. The molecule has 0 saturated carbocycles. The highest BCUT2D eigenvalue weighted by Crippen LogP contribution is 2.52. The largest absolute Gasteiger partial charge is 0.461 e. The van der Waals surface area contributed by atoms with E-state index < -0.39 is 85.9 Å². The first-order valence-corrected chi connectivity index (χ1v) is 17.1. The van der Waals surface area contributed by atoms with Crippen LogP contribution in [0.1, 0.15) is 50.3 Å². The van der Waals surface area contributed by atoms with Crippen molar-refractivity contribution in [2.75, 3.05) is 43.9 Å². The fourth-order valence-electron chi connectivity index (χ4n) is 7.21. The molecule has 4 heterocycles. The van der Waals surface area contributed by atoms with Gasteiger partial charge in [0.1, 0.15) is 29.3 Å². The molecule has 2 aromatic heterocycles. The number of ether oxygens (including phenoxy) is 1. The van der Waals surface area contributed by atoms with Gasteiger partial charge in [-0.1, -0.05) is 12.6 Å². The van der Waals surface area contributed by atoms with Crippen molar-refractivity contribution in [3.05, 3.63) is 53.4 Å². The number of likely N-dealkylation sites (tertiary alicyclic amines) is 1. The number of rotatable bonds is 6. The molecule has 0 radical (unpaired) electrons. The van der Waals surface area contributed by atoms with Crippen LogP contribution in [-0.2, 0) is 17.1 Å². The molecule has 3 unspecified atom stereocenters. The zero-order chi connectivity index (χ0) is 38.1. The van der Waals surface area contributed by atoms with Crippen molar-refractivity contribution in [2.45, 2.75) is 63.6 Å². The number of amides is 1. The van der Waals surface area contributed by atoms with Gasteiger partial charge in [0, 0.05) is 41.5 Å². The molecule has 0 spiro atoms. The van der Waals surface area contributed by atoms with Gasteiger partial charge in [-0.05, 0) is 71.0 Å². The van der Waals surface area contributed by atoms with Crippen molar-refractivity contribution in [1.82, 2.24) is 19.8 Å². The smallest absolute Gasteiger partial charge is 0.419 e. The number of benzene rings is 2. The van der Waals surface area contributed by atoms with Crippen molar-refractivity contribution < 1.29 is 40.3 Å². The number of anilines is 2. The minimum atomic E-state index is -5.47. The number of nitrogen functional groups attached to an aromatic ring is 1. The van der Waals surface area contributed by atoms with E-state index in [1.165, 1.54) is 4.90 Å². The number of halogens is 7. The van der Waals surface area contributed by atoms with Crippen LogP contribution in [0.3, 0.4) is 0 Å². The predicted molar refractivity (Wildman–Crippen MR) is 183 cm³/mol. The van der Waals surface area contributed by atoms with Crippen LogP contribution in [0.15, 0.2) is 30.9 Å². The number of aromatic nitrogens is 2. The fraction of sp³-hybridized carbons (Fsp3) is 0.429. The monoisotopic (exact) mass is 749 g/mol. The Morgan fingerprint density at radius 2 is 1.88 bits per heavy atom. The maximum absolute atomic E-state index is 15.6. The van der Waals surface area contributed by atoms with Crippen LogP contribution in [0.5, 0.6) is 6.01 Å². The first-order chi connectivity index (χ1) is 24.3. The Balaban J connectivity index is 1.71. The van der Waals surface area contributed by atoms with E-state index in [4.69, 9.17) is 10.5 Å². The molecule has 52 heavy (non-hydrogen) atoms. The minimum absolute atomic E-state index is 0.00446. The Bertz CT molecular complexity index is 2140. The molecule has 17 heteroatoms. The first-order valence-electron chi connectivity index (χ1n) is 16.3. The third-order valence-electron chi connectivity index (χ3n) is 10.1. The number of piperazine rings is 1. The summed E-state index contributed by atoms with van der Waals surface area (Å²) in [4.78, 5) is 26.3. The van der Waals surface area contributed by atoms with Gasteiger partial charge in [0.2, 0.25) is 5.91 Å². The lowest BCUT2D eigenvalue weighted by Gasteiger charge is -2.44. The van der Waals surface area contributed by atoms with Gasteiger partial charge in [-0.3, -0.25) is 9.69 Å². The fourth-order valence-corrected chi connectivity index (χ4v) is 8.16. The molecule has 1 amide bonds. The van der Waals surface area contributed by atoms with Gasteiger partial charge in [0.25, 0.3) is 0 Å². The van der Waals surface area contributed by atoms with E-state index in [-0.39, 0.29) is 41.1 Å². The second kappa shape index (κ2) is 13.1. The number of hydrogen-bond donors (Lipinski definition) is 1. The summed E-state index contributed by atoms with van der Waals surface area (Å²) in [6, 6.07) is 2.13. The van der Waals surface area contributed by atoms with Crippen molar-refractivity contribution in [2.24, 2.45) is 0 Å². The summed E-state index contributed by atoms with van der Waals surface area (Å²) in [6.07, 6.45) is -8.19. The Hall–Kier alpha value is -4.69. The minimum Gasteiger partial charge on any atom is -0.461 e. The average Bonchev–Trinajstić information content (AvgIpc) is 3.60. The van der Waals surface area contributed by atoms with Crippen LogP contribution in [-0.4, -0.2) is 76.6 Å². The van der Waals surface area contributed by atoms with Crippen molar-refractivity contribution in [1.29, 1.82) is 5.26 Å². The molecular weight excluding hydrogens is 715 g/mol. The zero-order valence-electron chi connectivity index (χ0n) is 28.5. The quantitative estimate of drug-likeness (QED) is 0.158. The van der Waals surface area contributed by atoms with E-state index in [9.17, 15) is 10.1 Å². The lowest BCUT2D eigenvalue weighted by molar-refractivity contribution is -0.141. The second-order valence-corrected chi connectivity index (χ2v) is 14.6. The molecular formula is C35H34F7N7O2S. The van der Waals surface area contributed by atoms with Crippen LogP contribution in [0.2, 0.25) is 0 Å². The summed E-state index contributed by atoms with van der Waals surface area (Å²) in [6.45, 7) is 9.57. The van der Waals surface area contributed by atoms with E-state index in [0.29, 0.717) is 23.8 Å². The molecule has 0 aliphatic carbocycles. The van der Waals surface area contributed by atoms with Gasteiger partial charge in [0.15, 0.2) is 0 Å². The third kappa shape index (κ3) is 6.25. The van der Waals surface area contributed by atoms with Crippen LogP contribution >= 0.6 is 11.3 Å². The van der Waals surface area contributed by atoms with Crippen molar-refractivity contribution >= 4 is 49.1 Å². The van der Waals surface area contributed by atoms with Gasteiger partial charge in [-0.25, -0.2) is 4.39 Å². The summed E-state index contributed by atoms with van der Waals surface area (Å²) < 4.78 is 113.